The molecule has 1 saturated carbocycles. The summed E-state index contributed by atoms with van der Waals surface area (Å²) in [6, 6.07) is 8.11. The summed E-state index contributed by atoms with van der Waals surface area (Å²) in [5.41, 5.74) is 1.69. The molecule has 1 fully saturated rings. The summed E-state index contributed by atoms with van der Waals surface area (Å²) in [5.74, 6) is 0.499. The molecule has 0 heterocycles. The molecule has 0 saturated heterocycles. The lowest BCUT2D eigenvalue weighted by molar-refractivity contribution is 0.0601. The number of carbonyl (C=O) groups excluding carboxylic acids is 1. The van der Waals surface area contributed by atoms with E-state index < -0.39 is 0 Å². The molecule has 1 aliphatic carbocycles. The third kappa shape index (κ3) is 2.84. The van der Waals surface area contributed by atoms with Gasteiger partial charge in [-0.1, -0.05) is 19.8 Å². The molecule has 2 rings (SSSR count). The second kappa shape index (κ2) is 5.89. The highest BCUT2D eigenvalue weighted by molar-refractivity contribution is 5.89. The van der Waals surface area contributed by atoms with Crippen molar-refractivity contribution in [3.63, 3.8) is 0 Å². The third-order valence-corrected chi connectivity index (χ3v) is 3.84. The van der Waals surface area contributed by atoms with Gasteiger partial charge in [-0.25, -0.2) is 4.79 Å². The van der Waals surface area contributed by atoms with Crippen molar-refractivity contribution < 1.29 is 9.53 Å². The first kappa shape index (κ1) is 12.9. The smallest absolute Gasteiger partial charge is 0.337 e. The average molecular weight is 247 g/mol. The van der Waals surface area contributed by atoms with E-state index in [-0.39, 0.29) is 5.97 Å². The number of methoxy groups -OCH3 is 1. The summed E-state index contributed by atoms with van der Waals surface area (Å²) in [6.07, 6.45) is 5.12. The predicted molar refractivity (Wildman–Crippen MR) is 72.8 cm³/mol. The molecule has 3 heteroatoms. The molecule has 3 nitrogen and oxygen atoms in total. The molecular formula is C15H21NO2. The van der Waals surface area contributed by atoms with Crippen LogP contribution in [-0.2, 0) is 4.74 Å². The Kier molecular flexibility index (Phi) is 4.24. The van der Waals surface area contributed by atoms with Crippen LogP contribution in [-0.4, -0.2) is 19.1 Å². The van der Waals surface area contributed by atoms with E-state index in [2.05, 4.69) is 17.0 Å². The molecular weight excluding hydrogens is 226 g/mol. The Hall–Kier alpha value is -1.51. The van der Waals surface area contributed by atoms with E-state index in [4.69, 9.17) is 0 Å². The van der Waals surface area contributed by atoms with Crippen molar-refractivity contribution in [2.45, 2.75) is 38.6 Å². The van der Waals surface area contributed by atoms with Crippen molar-refractivity contribution in [2.75, 3.05) is 12.4 Å². The number of ether oxygens (including phenoxy) is 1. The van der Waals surface area contributed by atoms with Gasteiger partial charge in [0.05, 0.1) is 12.7 Å². The second-order valence-corrected chi connectivity index (χ2v) is 4.92. The topological polar surface area (TPSA) is 38.3 Å². The largest absolute Gasteiger partial charge is 0.465 e. The fourth-order valence-corrected chi connectivity index (χ4v) is 2.75. The minimum atomic E-state index is -0.283. The summed E-state index contributed by atoms with van der Waals surface area (Å²) in [4.78, 5) is 11.3. The molecule has 0 amide bonds. The molecule has 0 spiro atoms. The molecule has 0 aromatic heterocycles. The standard InChI is InChI=1S/C15H21NO2/c1-3-11-5-4-6-14(11)16-13-9-7-12(8-10-13)15(17)18-2/h7-11,14,16H,3-6H2,1-2H3. The minimum absolute atomic E-state index is 0.283. The maximum absolute atomic E-state index is 11.3. The number of anilines is 1. The van der Waals surface area contributed by atoms with Gasteiger partial charge in [0.25, 0.3) is 0 Å². The van der Waals surface area contributed by atoms with Gasteiger partial charge < -0.3 is 10.1 Å². The van der Waals surface area contributed by atoms with Gasteiger partial charge >= 0.3 is 5.97 Å². The molecule has 1 aromatic carbocycles. The van der Waals surface area contributed by atoms with Gasteiger partial charge in [0.15, 0.2) is 0 Å². The van der Waals surface area contributed by atoms with Crippen molar-refractivity contribution in [3.8, 4) is 0 Å². The number of esters is 1. The Balaban J connectivity index is 2.00. The first-order valence-electron chi connectivity index (χ1n) is 6.69. The minimum Gasteiger partial charge on any atom is -0.465 e. The van der Waals surface area contributed by atoms with Crippen LogP contribution in [0, 0.1) is 5.92 Å². The molecule has 2 atom stereocenters. The van der Waals surface area contributed by atoms with Gasteiger partial charge in [0, 0.05) is 11.7 Å². The van der Waals surface area contributed by atoms with Crippen LogP contribution in [0.3, 0.4) is 0 Å². The Morgan fingerprint density at radius 2 is 2.06 bits per heavy atom. The fraction of sp³-hybridized carbons (Fsp3) is 0.533. The zero-order chi connectivity index (χ0) is 13.0. The summed E-state index contributed by atoms with van der Waals surface area (Å²) in [7, 11) is 1.40. The van der Waals surface area contributed by atoms with Crippen LogP contribution in [0.25, 0.3) is 0 Å². The van der Waals surface area contributed by atoms with Gasteiger partial charge in [-0.05, 0) is 43.0 Å². The average Bonchev–Trinajstić information content (AvgIpc) is 2.86. The zero-order valence-electron chi connectivity index (χ0n) is 11.1. The van der Waals surface area contributed by atoms with E-state index in [1.165, 1.54) is 32.8 Å². The maximum atomic E-state index is 11.3. The van der Waals surface area contributed by atoms with Crippen LogP contribution in [0.5, 0.6) is 0 Å². The van der Waals surface area contributed by atoms with Crippen LogP contribution in [0.1, 0.15) is 43.0 Å². The van der Waals surface area contributed by atoms with Crippen molar-refractivity contribution in [1.29, 1.82) is 0 Å². The molecule has 1 aromatic rings. The van der Waals surface area contributed by atoms with E-state index >= 15 is 0 Å². The summed E-state index contributed by atoms with van der Waals surface area (Å²) >= 11 is 0. The summed E-state index contributed by atoms with van der Waals surface area (Å²) in [6.45, 7) is 2.25. The summed E-state index contributed by atoms with van der Waals surface area (Å²) < 4.78 is 4.68. The van der Waals surface area contributed by atoms with Gasteiger partial charge in [-0.15, -0.1) is 0 Å². The normalized spacial score (nSPS) is 22.8. The number of benzene rings is 1. The van der Waals surface area contributed by atoms with Crippen LogP contribution in [0.2, 0.25) is 0 Å². The highest BCUT2D eigenvalue weighted by Gasteiger charge is 2.25. The monoisotopic (exact) mass is 247 g/mol. The first-order chi connectivity index (χ1) is 8.74. The van der Waals surface area contributed by atoms with Gasteiger partial charge in [-0.3, -0.25) is 0 Å². The lowest BCUT2D eigenvalue weighted by Gasteiger charge is -2.20. The maximum Gasteiger partial charge on any atom is 0.337 e. The molecule has 18 heavy (non-hydrogen) atoms. The predicted octanol–water partition coefficient (Wildman–Crippen LogP) is 3.46. The summed E-state index contributed by atoms with van der Waals surface area (Å²) in [5, 5.41) is 3.57. The van der Waals surface area contributed by atoms with Crippen LogP contribution in [0.4, 0.5) is 5.69 Å². The van der Waals surface area contributed by atoms with E-state index in [1.54, 1.807) is 0 Å². The van der Waals surface area contributed by atoms with E-state index in [1.807, 2.05) is 24.3 Å². The number of hydrogen-bond acceptors (Lipinski definition) is 3. The molecule has 1 N–H and O–H groups in total. The third-order valence-electron chi connectivity index (χ3n) is 3.84. The Bertz CT molecular complexity index is 399. The Labute approximate surface area is 109 Å². The lowest BCUT2D eigenvalue weighted by Crippen LogP contribution is -2.23. The van der Waals surface area contributed by atoms with Gasteiger partial charge in [0.2, 0.25) is 0 Å². The SMILES string of the molecule is CCC1CCCC1Nc1ccc(C(=O)OC)cc1. The molecule has 0 bridgehead atoms. The first-order valence-corrected chi connectivity index (χ1v) is 6.69. The van der Waals surface area contributed by atoms with Crippen molar-refractivity contribution in [3.05, 3.63) is 29.8 Å². The van der Waals surface area contributed by atoms with E-state index in [0.717, 1.165) is 11.6 Å². The second-order valence-electron chi connectivity index (χ2n) is 4.92. The fourth-order valence-electron chi connectivity index (χ4n) is 2.75. The van der Waals surface area contributed by atoms with E-state index in [9.17, 15) is 4.79 Å². The molecule has 0 radical (unpaired) electrons. The van der Waals surface area contributed by atoms with Gasteiger partial charge in [-0.2, -0.15) is 0 Å². The Morgan fingerprint density at radius 3 is 2.67 bits per heavy atom. The molecule has 0 aliphatic heterocycles. The van der Waals surface area contributed by atoms with Crippen LogP contribution < -0.4 is 5.32 Å². The molecule has 2 unspecified atom stereocenters. The Morgan fingerprint density at radius 1 is 1.33 bits per heavy atom. The van der Waals surface area contributed by atoms with Gasteiger partial charge in [0.1, 0.15) is 0 Å². The quantitative estimate of drug-likeness (QED) is 0.828. The van der Waals surface area contributed by atoms with Crippen molar-refractivity contribution in [2.24, 2.45) is 5.92 Å². The number of nitrogens with one attached hydrogen (secondary N) is 1. The van der Waals surface area contributed by atoms with Crippen molar-refractivity contribution in [1.82, 2.24) is 0 Å². The highest BCUT2D eigenvalue weighted by atomic mass is 16.5. The zero-order valence-corrected chi connectivity index (χ0v) is 11.1. The van der Waals surface area contributed by atoms with Crippen LogP contribution >= 0.6 is 0 Å². The van der Waals surface area contributed by atoms with E-state index in [0.29, 0.717) is 11.6 Å². The number of rotatable bonds is 4. The molecule has 1 aliphatic rings. The van der Waals surface area contributed by atoms with Crippen molar-refractivity contribution >= 4 is 11.7 Å². The highest BCUT2D eigenvalue weighted by Crippen LogP contribution is 2.30. The number of carbonyl (C=O) groups is 1. The van der Waals surface area contributed by atoms with Crippen LogP contribution in [0.15, 0.2) is 24.3 Å². The number of hydrogen-bond donors (Lipinski definition) is 1. The molecule has 98 valence electrons. The lowest BCUT2D eigenvalue weighted by atomic mass is 10.0.